The molecule has 1 aromatic carbocycles. The second kappa shape index (κ2) is 5.32. The minimum Gasteiger partial charge on any atom is -0.312 e. The Labute approximate surface area is 118 Å². The van der Waals surface area contributed by atoms with E-state index in [9.17, 15) is 0 Å². The average Bonchev–Trinajstić information content (AvgIpc) is 2.76. The van der Waals surface area contributed by atoms with Crippen molar-refractivity contribution in [1.29, 1.82) is 0 Å². The molecule has 18 heavy (non-hydrogen) atoms. The second-order valence-electron chi connectivity index (χ2n) is 5.74. The molecule has 0 aromatic heterocycles. The Hall–Kier alpha value is -0.380. The molecule has 0 saturated carbocycles. The van der Waals surface area contributed by atoms with E-state index in [-0.39, 0.29) is 0 Å². The molecule has 2 saturated heterocycles. The molecule has 1 N–H and O–H groups in total. The van der Waals surface area contributed by atoms with Gasteiger partial charge in [0.25, 0.3) is 0 Å². The van der Waals surface area contributed by atoms with Gasteiger partial charge in [-0.2, -0.15) is 0 Å². The van der Waals surface area contributed by atoms with Crippen molar-refractivity contribution in [3.05, 3.63) is 33.8 Å². The number of nitrogens with zero attached hydrogens (tertiary/aromatic N) is 1. The van der Waals surface area contributed by atoms with E-state index in [4.69, 9.17) is 0 Å². The second-order valence-corrected chi connectivity index (χ2v) is 6.59. The van der Waals surface area contributed by atoms with Crippen LogP contribution in [0.1, 0.15) is 24.0 Å². The van der Waals surface area contributed by atoms with Gasteiger partial charge in [0, 0.05) is 30.1 Å². The highest BCUT2D eigenvalue weighted by Gasteiger charge is 2.33. The lowest BCUT2D eigenvalue weighted by molar-refractivity contribution is 0.312. The summed E-state index contributed by atoms with van der Waals surface area (Å²) in [6.07, 6.45) is 2.76. The Morgan fingerprint density at radius 1 is 1.39 bits per heavy atom. The van der Waals surface area contributed by atoms with E-state index in [1.165, 1.54) is 48.1 Å². The monoisotopic (exact) mass is 308 g/mol. The smallest absolute Gasteiger partial charge is 0.0235 e. The predicted octanol–water partition coefficient (Wildman–Crippen LogP) is 2.94. The zero-order valence-corrected chi connectivity index (χ0v) is 12.5. The first-order chi connectivity index (χ1) is 8.72. The van der Waals surface area contributed by atoms with Gasteiger partial charge in [0.1, 0.15) is 0 Å². The maximum atomic E-state index is 3.67. The fourth-order valence-corrected chi connectivity index (χ4v) is 3.68. The molecule has 0 aliphatic carbocycles. The van der Waals surface area contributed by atoms with E-state index in [1.54, 1.807) is 0 Å². The summed E-state index contributed by atoms with van der Waals surface area (Å²) in [5.74, 6) is 0.882. The van der Waals surface area contributed by atoms with Crippen molar-refractivity contribution in [2.24, 2.45) is 5.92 Å². The van der Waals surface area contributed by atoms with Crippen LogP contribution < -0.4 is 5.32 Å². The van der Waals surface area contributed by atoms with Gasteiger partial charge in [-0.3, -0.25) is 4.90 Å². The van der Waals surface area contributed by atoms with Crippen LogP contribution in [0.25, 0.3) is 0 Å². The summed E-state index contributed by atoms with van der Waals surface area (Å²) in [5, 5.41) is 3.67. The van der Waals surface area contributed by atoms with Crippen LogP contribution in [0.3, 0.4) is 0 Å². The topological polar surface area (TPSA) is 15.3 Å². The van der Waals surface area contributed by atoms with Crippen molar-refractivity contribution in [2.75, 3.05) is 19.6 Å². The van der Waals surface area contributed by atoms with Gasteiger partial charge >= 0.3 is 0 Å². The maximum Gasteiger partial charge on any atom is 0.0235 e. The number of piperidine rings is 1. The summed E-state index contributed by atoms with van der Waals surface area (Å²) in [7, 11) is 0. The fourth-order valence-electron chi connectivity index (χ4n) is 3.26. The zero-order valence-electron chi connectivity index (χ0n) is 11.0. The van der Waals surface area contributed by atoms with Gasteiger partial charge in [0.2, 0.25) is 0 Å². The van der Waals surface area contributed by atoms with E-state index in [2.05, 4.69) is 51.3 Å². The zero-order chi connectivity index (χ0) is 12.5. The number of nitrogens with one attached hydrogen (secondary N) is 1. The minimum absolute atomic E-state index is 0.743. The molecule has 0 bridgehead atoms. The molecule has 2 heterocycles. The van der Waals surface area contributed by atoms with Crippen LogP contribution in [-0.4, -0.2) is 30.6 Å². The number of halogens is 1. The average molecular weight is 309 g/mol. The lowest BCUT2D eigenvalue weighted by Gasteiger charge is -2.24. The summed E-state index contributed by atoms with van der Waals surface area (Å²) in [6, 6.07) is 7.48. The van der Waals surface area contributed by atoms with Crippen LogP contribution in [0, 0.1) is 12.8 Å². The fraction of sp³-hybridized carbons (Fsp3) is 0.600. The largest absolute Gasteiger partial charge is 0.312 e. The van der Waals surface area contributed by atoms with Crippen LogP contribution in [-0.2, 0) is 6.54 Å². The minimum atomic E-state index is 0.743. The molecule has 0 amide bonds. The van der Waals surface area contributed by atoms with E-state index in [0.717, 1.165) is 18.5 Å². The normalized spacial score (nSPS) is 28.3. The number of aryl methyl sites for hydroxylation is 1. The van der Waals surface area contributed by atoms with Gasteiger partial charge in [-0.15, -0.1) is 0 Å². The molecule has 2 aliphatic heterocycles. The first-order valence-electron chi connectivity index (χ1n) is 6.93. The SMILES string of the molecule is Cc1ccc(CN2CC3CCCNC3C2)cc1Br. The molecule has 3 rings (SSSR count). The number of hydrogen-bond acceptors (Lipinski definition) is 2. The first kappa shape index (κ1) is 12.6. The summed E-state index contributed by atoms with van der Waals surface area (Å²) in [5.41, 5.74) is 2.74. The molecule has 3 heteroatoms. The molecule has 2 aliphatic rings. The Balaban J connectivity index is 1.64. The van der Waals surface area contributed by atoms with Crippen LogP contribution in [0.5, 0.6) is 0 Å². The Bertz CT molecular complexity index is 419. The molecular weight excluding hydrogens is 288 g/mol. The van der Waals surface area contributed by atoms with Crippen molar-refractivity contribution < 1.29 is 0 Å². The van der Waals surface area contributed by atoms with E-state index in [0.29, 0.717) is 0 Å². The summed E-state index contributed by atoms with van der Waals surface area (Å²) in [4.78, 5) is 2.60. The molecule has 2 nitrogen and oxygen atoms in total. The molecule has 98 valence electrons. The van der Waals surface area contributed by atoms with Gasteiger partial charge in [-0.25, -0.2) is 0 Å². The number of hydrogen-bond donors (Lipinski definition) is 1. The lowest BCUT2D eigenvalue weighted by atomic mass is 9.94. The van der Waals surface area contributed by atoms with Gasteiger partial charge < -0.3 is 5.32 Å². The Morgan fingerprint density at radius 3 is 3.06 bits per heavy atom. The molecule has 1 aromatic rings. The lowest BCUT2D eigenvalue weighted by Crippen LogP contribution is -2.40. The van der Waals surface area contributed by atoms with Crippen molar-refractivity contribution in [1.82, 2.24) is 10.2 Å². The molecular formula is C15H21BrN2. The molecule has 2 unspecified atom stereocenters. The van der Waals surface area contributed by atoms with Crippen molar-refractivity contribution in [3.8, 4) is 0 Å². The van der Waals surface area contributed by atoms with E-state index in [1.807, 2.05) is 0 Å². The third-order valence-electron chi connectivity index (χ3n) is 4.32. The van der Waals surface area contributed by atoms with Crippen molar-refractivity contribution in [2.45, 2.75) is 32.4 Å². The number of benzene rings is 1. The Kier molecular flexibility index (Phi) is 3.73. The van der Waals surface area contributed by atoms with Gasteiger partial charge in [-0.05, 0) is 49.4 Å². The molecule has 2 fully saturated rings. The van der Waals surface area contributed by atoms with Crippen molar-refractivity contribution in [3.63, 3.8) is 0 Å². The Morgan fingerprint density at radius 2 is 2.28 bits per heavy atom. The number of rotatable bonds is 2. The highest BCUT2D eigenvalue weighted by atomic mass is 79.9. The van der Waals surface area contributed by atoms with E-state index < -0.39 is 0 Å². The molecule has 0 radical (unpaired) electrons. The van der Waals surface area contributed by atoms with Crippen LogP contribution in [0.4, 0.5) is 0 Å². The van der Waals surface area contributed by atoms with Gasteiger partial charge in [0.05, 0.1) is 0 Å². The first-order valence-corrected chi connectivity index (χ1v) is 7.72. The summed E-state index contributed by atoms with van der Waals surface area (Å²) in [6.45, 7) is 6.93. The maximum absolute atomic E-state index is 3.67. The molecule has 0 spiro atoms. The molecule has 2 atom stereocenters. The summed E-state index contributed by atoms with van der Waals surface area (Å²) >= 11 is 3.63. The van der Waals surface area contributed by atoms with Gasteiger partial charge in [-0.1, -0.05) is 28.1 Å². The van der Waals surface area contributed by atoms with Crippen LogP contribution in [0.15, 0.2) is 22.7 Å². The predicted molar refractivity (Wildman–Crippen MR) is 78.7 cm³/mol. The number of fused-ring (bicyclic) bond motifs is 1. The van der Waals surface area contributed by atoms with Gasteiger partial charge in [0.15, 0.2) is 0 Å². The third-order valence-corrected chi connectivity index (χ3v) is 5.17. The van der Waals surface area contributed by atoms with Crippen LogP contribution >= 0.6 is 15.9 Å². The quantitative estimate of drug-likeness (QED) is 0.903. The number of likely N-dealkylation sites (tertiary alicyclic amines) is 1. The third kappa shape index (κ3) is 2.63. The highest BCUT2D eigenvalue weighted by molar-refractivity contribution is 9.10. The highest BCUT2D eigenvalue weighted by Crippen LogP contribution is 2.26. The summed E-state index contributed by atoms with van der Waals surface area (Å²) < 4.78 is 1.23. The van der Waals surface area contributed by atoms with E-state index >= 15 is 0 Å². The standard InChI is InChI=1S/C15H21BrN2/c1-11-4-5-12(7-14(11)16)8-18-9-13-3-2-6-17-15(13)10-18/h4-5,7,13,15,17H,2-3,6,8-10H2,1H3. The van der Waals surface area contributed by atoms with Crippen LogP contribution in [0.2, 0.25) is 0 Å². The van der Waals surface area contributed by atoms with Crippen molar-refractivity contribution >= 4 is 15.9 Å².